The first-order valence-electron chi connectivity index (χ1n) is 4.77. The highest BCUT2D eigenvalue weighted by atomic mass is 19.4. The fourth-order valence-electron chi connectivity index (χ4n) is 1.55. The van der Waals surface area contributed by atoms with Gasteiger partial charge in [-0.3, -0.25) is 0 Å². The highest BCUT2D eigenvalue weighted by Crippen LogP contribution is 2.33. The summed E-state index contributed by atoms with van der Waals surface area (Å²) in [7, 11) is 1.73. The Morgan fingerprint density at radius 1 is 1.27 bits per heavy atom. The highest BCUT2D eigenvalue weighted by molar-refractivity contribution is 5.36. The molecule has 0 saturated heterocycles. The van der Waals surface area contributed by atoms with Crippen molar-refractivity contribution in [2.24, 2.45) is 0 Å². The van der Waals surface area contributed by atoms with Crippen LogP contribution < -0.4 is 5.32 Å². The van der Waals surface area contributed by atoms with Crippen molar-refractivity contribution >= 4 is 0 Å². The van der Waals surface area contributed by atoms with Crippen molar-refractivity contribution in [3.63, 3.8) is 0 Å². The average molecular weight is 217 g/mol. The van der Waals surface area contributed by atoms with Crippen LogP contribution in [0, 0.1) is 6.92 Å². The summed E-state index contributed by atoms with van der Waals surface area (Å²) in [5.41, 5.74) is 0.567. The van der Waals surface area contributed by atoms with Crippen molar-refractivity contribution in [2.75, 3.05) is 13.6 Å². The van der Waals surface area contributed by atoms with Gasteiger partial charge in [0, 0.05) is 0 Å². The van der Waals surface area contributed by atoms with Gasteiger partial charge in [-0.1, -0.05) is 12.1 Å². The van der Waals surface area contributed by atoms with Crippen molar-refractivity contribution in [3.8, 4) is 0 Å². The van der Waals surface area contributed by atoms with Gasteiger partial charge in [0.2, 0.25) is 0 Å². The first-order valence-corrected chi connectivity index (χ1v) is 4.77. The third-order valence-electron chi connectivity index (χ3n) is 2.34. The van der Waals surface area contributed by atoms with E-state index in [1.54, 1.807) is 20.0 Å². The summed E-state index contributed by atoms with van der Waals surface area (Å²) in [5, 5.41) is 2.85. The molecule has 0 fully saturated rings. The maximum atomic E-state index is 12.6. The standard InChI is InChI=1S/C11H14F3N/c1-8-4-3-5-10(11(12,13)14)9(8)6-7-15-2/h3-5,15H,6-7H2,1-2H3. The molecule has 0 bridgehead atoms. The molecule has 15 heavy (non-hydrogen) atoms. The fourth-order valence-corrected chi connectivity index (χ4v) is 1.55. The first kappa shape index (κ1) is 12.0. The zero-order chi connectivity index (χ0) is 11.5. The van der Waals surface area contributed by atoms with Crippen LogP contribution in [-0.2, 0) is 12.6 Å². The van der Waals surface area contributed by atoms with Gasteiger partial charge in [0.25, 0.3) is 0 Å². The van der Waals surface area contributed by atoms with Crippen LogP contribution in [0.2, 0.25) is 0 Å². The maximum Gasteiger partial charge on any atom is 0.416 e. The smallest absolute Gasteiger partial charge is 0.319 e. The lowest BCUT2D eigenvalue weighted by molar-refractivity contribution is -0.138. The summed E-state index contributed by atoms with van der Waals surface area (Å²) in [6, 6.07) is 4.29. The summed E-state index contributed by atoms with van der Waals surface area (Å²) in [6.07, 6.45) is -3.85. The lowest BCUT2D eigenvalue weighted by Crippen LogP contribution is -2.16. The monoisotopic (exact) mass is 217 g/mol. The molecule has 0 atom stereocenters. The number of benzene rings is 1. The number of likely N-dealkylation sites (N-methyl/N-ethyl adjacent to an activating group) is 1. The lowest BCUT2D eigenvalue weighted by atomic mass is 9.99. The Labute approximate surface area is 87.3 Å². The van der Waals surface area contributed by atoms with Crippen molar-refractivity contribution in [1.82, 2.24) is 5.32 Å². The molecule has 0 aliphatic carbocycles. The van der Waals surface area contributed by atoms with Crippen LogP contribution in [0.5, 0.6) is 0 Å². The van der Waals surface area contributed by atoms with Crippen LogP contribution in [0.25, 0.3) is 0 Å². The van der Waals surface area contributed by atoms with Gasteiger partial charge < -0.3 is 5.32 Å². The predicted octanol–water partition coefficient (Wildman–Crippen LogP) is 2.78. The van der Waals surface area contributed by atoms with Crippen LogP contribution in [0.1, 0.15) is 16.7 Å². The van der Waals surface area contributed by atoms with E-state index in [1.807, 2.05) is 0 Å². The molecular formula is C11H14F3N. The van der Waals surface area contributed by atoms with Crippen molar-refractivity contribution in [1.29, 1.82) is 0 Å². The third kappa shape index (κ3) is 2.96. The van der Waals surface area contributed by atoms with Gasteiger partial charge in [0.05, 0.1) is 5.56 Å². The first-order chi connectivity index (χ1) is 6.96. The zero-order valence-corrected chi connectivity index (χ0v) is 8.78. The van der Waals surface area contributed by atoms with E-state index in [1.165, 1.54) is 6.07 Å². The van der Waals surface area contributed by atoms with Crippen molar-refractivity contribution in [2.45, 2.75) is 19.5 Å². The second kappa shape index (κ2) is 4.66. The summed E-state index contributed by atoms with van der Waals surface area (Å²) < 4.78 is 37.9. The molecule has 0 heterocycles. The maximum absolute atomic E-state index is 12.6. The minimum absolute atomic E-state index is 0.388. The Kier molecular flexibility index (Phi) is 3.74. The van der Waals surface area contributed by atoms with Gasteiger partial charge in [-0.2, -0.15) is 13.2 Å². The van der Waals surface area contributed by atoms with Crippen LogP contribution >= 0.6 is 0 Å². The van der Waals surface area contributed by atoms with Gasteiger partial charge in [-0.15, -0.1) is 0 Å². The lowest BCUT2D eigenvalue weighted by Gasteiger charge is -2.14. The van der Waals surface area contributed by atoms with E-state index in [4.69, 9.17) is 0 Å². The Bertz CT molecular complexity index is 331. The molecule has 0 aliphatic rings. The van der Waals surface area contributed by atoms with E-state index < -0.39 is 11.7 Å². The summed E-state index contributed by atoms with van der Waals surface area (Å²) >= 11 is 0. The van der Waals surface area contributed by atoms with Gasteiger partial charge in [-0.25, -0.2) is 0 Å². The Morgan fingerprint density at radius 2 is 1.93 bits per heavy atom. The molecular weight excluding hydrogens is 203 g/mol. The SMILES string of the molecule is CNCCc1c(C)cccc1C(F)(F)F. The van der Waals surface area contributed by atoms with Crippen LogP contribution in [0.3, 0.4) is 0 Å². The van der Waals surface area contributed by atoms with Crippen LogP contribution in [0.15, 0.2) is 18.2 Å². The van der Waals surface area contributed by atoms with E-state index in [0.717, 1.165) is 6.07 Å². The second-order valence-electron chi connectivity index (χ2n) is 3.45. The number of aryl methyl sites for hydroxylation is 1. The van der Waals surface area contributed by atoms with E-state index in [0.29, 0.717) is 24.1 Å². The Morgan fingerprint density at radius 3 is 2.47 bits per heavy atom. The molecule has 0 radical (unpaired) electrons. The Hall–Kier alpha value is -1.03. The van der Waals surface area contributed by atoms with Crippen LogP contribution in [-0.4, -0.2) is 13.6 Å². The number of hydrogen-bond donors (Lipinski definition) is 1. The number of rotatable bonds is 3. The van der Waals surface area contributed by atoms with Gasteiger partial charge in [-0.05, 0) is 44.1 Å². The molecule has 0 saturated carbocycles. The van der Waals surface area contributed by atoms with Gasteiger partial charge in [0.1, 0.15) is 0 Å². The van der Waals surface area contributed by atoms with Gasteiger partial charge >= 0.3 is 6.18 Å². The largest absolute Gasteiger partial charge is 0.416 e. The number of nitrogens with one attached hydrogen (secondary N) is 1. The van der Waals surface area contributed by atoms with Crippen LogP contribution in [0.4, 0.5) is 13.2 Å². The van der Waals surface area contributed by atoms with E-state index in [9.17, 15) is 13.2 Å². The number of hydrogen-bond acceptors (Lipinski definition) is 1. The molecule has 0 aromatic heterocycles. The van der Waals surface area contributed by atoms with E-state index in [-0.39, 0.29) is 0 Å². The molecule has 1 aromatic rings. The summed E-state index contributed by atoms with van der Waals surface area (Å²) in [5.74, 6) is 0. The topological polar surface area (TPSA) is 12.0 Å². The molecule has 0 spiro atoms. The summed E-state index contributed by atoms with van der Waals surface area (Å²) in [4.78, 5) is 0. The second-order valence-corrected chi connectivity index (χ2v) is 3.45. The minimum atomic E-state index is -4.25. The van der Waals surface area contributed by atoms with E-state index in [2.05, 4.69) is 5.32 Å². The van der Waals surface area contributed by atoms with Gasteiger partial charge in [0.15, 0.2) is 0 Å². The fraction of sp³-hybridized carbons (Fsp3) is 0.455. The molecule has 0 amide bonds. The molecule has 1 aromatic carbocycles. The molecule has 0 unspecified atom stereocenters. The predicted molar refractivity (Wildman–Crippen MR) is 53.8 cm³/mol. The molecule has 4 heteroatoms. The average Bonchev–Trinajstić information content (AvgIpc) is 2.14. The molecule has 1 N–H and O–H groups in total. The van der Waals surface area contributed by atoms with Crippen molar-refractivity contribution < 1.29 is 13.2 Å². The number of alkyl halides is 3. The molecule has 1 nitrogen and oxygen atoms in total. The van der Waals surface area contributed by atoms with Crippen molar-refractivity contribution in [3.05, 3.63) is 34.9 Å². The highest BCUT2D eigenvalue weighted by Gasteiger charge is 2.33. The molecule has 1 rings (SSSR count). The molecule has 0 aliphatic heterocycles. The quantitative estimate of drug-likeness (QED) is 0.820. The zero-order valence-electron chi connectivity index (χ0n) is 8.78. The number of halogens is 3. The normalized spacial score (nSPS) is 11.8. The Balaban J connectivity index is 3.09. The molecule has 84 valence electrons. The third-order valence-corrected chi connectivity index (χ3v) is 2.34. The summed E-state index contributed by atoms with van der Waals surface area (Å²) in [6.45, 7) is 2.26. The van der Waals surface area contributed by atoms with E-state index >= 15 is 0 Å². The minimum Gasteiger partial charge on any atom is -0.319 e.